The topological polar surface area (TPSA) is 77.5 Å². The van der Waals surface area contributed by atoms with E-state index in [1.165, 1.54) is 18.2 Å². The number of hydrogen-bond donors (Lipinski definition) is 0. The third kappa shape index (κ3) is 3.01. The van der Waals surface area contributed by atoms with E-state index in [0.717, 1.165) is 11.1 Å². The summed E-state index contributed by atoms with van der Waals surface area (Å²) in [4.78, 5) is 25.3. The molecule has 0 saturated carbocycles. The predicted octanol–water partition coefficient (Wildman–Crippen LogP) is 3.85. The van der Waals surface area contributed by atoms with Gasteiger partial charge in [-0.1, -0.05) is 30.3 Å². The van der Waals surface area contributed by atoms with Gasteiger partial charge < -0.3 is 4.18 Å². The minimum absolute atomic E-state index is 0.0637. The lowest BCUT2D eigenvalue weighted by atomic mass is 9.84. The Balaban J connectivity index is 1.76. The second kappa shape index (κ2) is 6.42. The van der Waals surface area contributed by atoms with E-state index in [9.17, 15) is 18.0 Å². The summed E-state index contributed by atoms with van der Waals surface area (Å²) < 4.78 is 30.7. The van der Waals surface area contributed by atoms with Crippen molar-refractivity contribution in [1.29, 1.82) is 0 Å². The summed E-state index contributed by atoms with van der Waals surface area (Å²) in [5, 5.41) is 0. The molecule has 28 heavy (non-hydrogen) atoms. The Morgan fingerprint density at radius 3 is 1.82 bits per heavy atom. The van der Waals surface area contributed by atoms with Gasteiger partial charge >= 0.3 is 10.1 Å². The molecule has 6 heteroatoms. The Morgan fingerprint density at radius 2 is 1.21 bits per heavy atom. The van der Waals surface area contributed by atoms with Crippen molar-refractivity contribution in [3.63, 3.8) is 0 Å². The maximum absolute atomic E-state index is 12.8. The fourth-order valence-corrected chi connectivity index (χ4v) is 4.33. The lowest BCUT2D eigenvalue weighted by Crippen LogP contribution is -2.21. The molecule has 0 aromatic heterocycles. The summed E-state index contributed by atoms with van der Waals surface area (Å²) in [6.45, 7) is 3.68. The zero-order valence-corrected chi connectivity index (χ0v) is 16.0. The van der Waals surface area contributed by atoms with Crippen LogP contribution in [-0.4, -0.2) is 20.0 Å². The van der Waals surface area contributed by atoms with Gasteiger partial charge in [0.25, 0.3) is 0 Å². The van der Waals surface area contributed by atoms with Crippen LogP contribution in [0.4, 0.5) is 0 Å². The van der Waals surface area contributed by atoms with Gasteiger partial charge in [-0.2, -0.15) is 8.42 Å². The van der Waals surface area contributed by atoms with E-state index in [2.05, 4.69) is 0 Å². The molecule has 1 aliphatic rings. The lowest BCUT2D eigenvalue weighted by Gasteiger charge is -2.18. The highest BCUT2D eigenvalue weighted by Gasteiger charge is 2.31. The van der Waals surface area contributed by atoms with Crippen LogP contribution in [-0.2, 0) is 10.1 Å². The summed E-state index contributed by atoms with van der Waals surface area (Å²) in [5.74, 6) is -0.485. The van der Waals surface area contributed by atoms with Gasteiger partial charge in [0.15, 0.2) is 11.6 Å². The SMILES string of the molecule is Cc1cc(C)cc(OS(=O)(=O)c2ccc3c(c2)C(=O)c2ccccc2C3=O)c1. The molecule has 0 aliphatic heterocycles. The molecule has 0 fully saturated rings. The quantitative estimate of drug-likeness (QED) is 0.495. The van der Waals surface area contributed by atoms with Crippen LogP contribution in [0.15, 0.2) is 65.6 Å². The number of carbonyl (C=O) groups excluding carboxylic acids is 2. The van der Waals surface area contributed by atoms with Crippen molar-refractivity contribution in [3.05, 3.63) is 94.0 Å². The molecule has 0 heterocycles. The molecule has 0 radical (unpaired) electrons. The van der Waals surface area contributed by atoms with Crippen molar-refractivity contribution in [2.24, 2.45) is 0 Å². The molecule has 0 amide bonds. The first-order valence-electron chi connectivity index (χ1n) is 8.61. The highest BCUT2D eigenvalue weighted by atomic mass is 32.2. The highest BCUT2D eigenvalue weighted by Crippen LogP contribution is 2.30. The van der Waals surface area contributed by atoms with E-state index in [1.807, 2.05) is 19.9 Å². The average Bonchev–Trinajstić information content (AvgIpc) is 2.64. The Morgan fingerprint density at radius 1 is 0.679 bits per heavy atom. The largest absolute Gasteiger partial charge is 0.379 e. The molecule has 0 N–H and O–H groups in total. The van der Waals surface area contributed by atoms with Gasteiger partial charge in [-0.15, -0.1) is 0 Å². The van der Waals surface area contributed by atoms with E-state index < -0.39 is 10.1 Å². The summed E-state index contributed by atoms with van der Waals surface area (Å²) in [6.07, 6.45) is 0. The lowest BCUT2D eigenvalue weighted by molar-refractivity contribution is 0.0979. The van der Waals surface area contributed by atoms with E-state index in [1.54, 1.807) is 36.4 Å². The van der Waals surface area contributed by atoms with Gasteiger partial charge in [0.1, 0.15) is 10.6 Å². The molecule has 0 bridgehead atoms. The molecule has 3 aromatic rings. The predicted molar refractivity (Wildman–Crippen MR) is 103 cm³/mol. The summed E-state index contributed by atoms with van der Waals surface area (Å²) in [7, 11) is -4.16. The van der Waals surface area contributed by atoms with Crippen LogP contribution in [0.3, 0.4) is 0 Å². The molecule has 5 nitrogen and oxygen atoms in total. The minimum Gasteiger partial charge on any atom is -0.379 e. The zero-order valence-electron chi connectivity index (χ0n) is 15.2. The summed E-state index contributed by atoms with van der Waals surface area (Å²) in [5.41, 5.74) is 2.58. The van der Waals surface area contributed by atoms with Crippen LogP contribution in [0, 0.1) is 13.8 Å². The maximum Gasteiger partial charge on any atom is 0.339 e. The molecule has 0 spiro atoms. The number of hydrogen-bond acceptors (Lipinski definition) is 5. The molecule has 4 rings (SSSR count). The van der Waals surface area contributed by atoms with Crippen LogP contribution in [0.2, 0.25) is 0 Å². The van der Waals surface area contributed by atoms with Crippen molar-refractivity contribution in [2.75, 3.05) is 0 Å². The fourth-order valence-electron chi connectivity index (χ4n) is 3.39. The highest BCUT2D eigenvalue weighted by molar-refractivity contribution is 7.87. The number of aryl methyl sites for hydroxylation is 2. The Hall–Kier alpha value is -3.25. The first-order valence-corrected chi connectivity index (χ1v) is 10.0. The average molecular weight is 392 g/mol. The van der Waals surface area contributed by atoms with Gasteiger partial charge in [-0.25, -0.2) is 0 Å². The molecule has 1 aliphatic carbocycles. The molecule has 0 saturated heterocycles. The summed E-state index contributed by atoms with van der Waals surface area (Å²) in [6, 6.07) is 15.5. The second-order valence-corrected chi connectivity index (χ2v) is 8.32. The molecule has 0 unspecified atom stereocenters. The van der Waals surface area contributed by atoms with Crippen LogP contribution in [0.25, 0.3) is 0 Å². The number of rotatable bonds is 3. The standard InChI is InChI=1S/C22H16O5S/c1-13-9-14(2)11-15(10-13)27-28(25,26)16-7-8-19-20(12-16)22(24)18-6-4-3-5-17(18)21(19)23/h3-12H,1-2H3. The molecule has 3 aromatic carbocycles. The Bertz CT molecular complexity index is 1240. The smallest absolute Gasteiger partial charge is 0.339 e. The van der Waals surface area contributed by atoms with E-state index in [-0.39, 0.29) is 38.9 Å². The van der Waals surface area contributed by atoms with Crippen LogP contribution in [0.5, 0.6) is 5.75 Å². The number of carbonyl (C=O) groups is 2. The molecular formula is C22H16O5S. The Labute approximate surface area is 162 Å². The van der Waals surface area contributed by atoms with Gasteiger partial charge in [-0.05, 0) is 55.3 Å². The second-order valence-electron chi connectivity index (χ2n) is 6.77. The van der Waals surface area contributed by atoms with Gasteiger partial charge in [0.2, 0.25) is 0 Å². The maximum atomic E-state index is 12.8. The van der Waals surface area contributed by atoms with Gasteiger partial charge in [0, 0.05) is 22.3 Å². The van der Waals surface area contributed by atoms with E-state index >= 15 is 0 Å². The minimum atomic E-state index is -4.16. The van der Waals surface area contributed by atoms with Gasteiger partial charge in [-0.3, -0.25) is 9.59 Å². The van der Waals surface area contributed by atoms with Crippen molar-refractivity contribution in [1.82, 2.24) is 0 Å². The van der Waals surface area contributed by atoms with Gasteiger partial charge in [0.05, 0.1) is 0 Å². The number of benzene rings is 3. The van der Waals surface area contributed by atoms with E-state index in [4.69, 9.17) is 4.18 Å². The number of ketones is 2. The van der Waals surface area contributed by atoms with Crippen molar-refractivity contribution in [3.8, 4) is 5.75 Å². The first kappa shape index (κ1) is 18.1. The van der Waals surface area contributed by atoms with Crippen molar-refractivity contribution in [2.45, 2.75) is 18.7 Å². The first-order chi connectivity index (χ1) is 13.3. The summed E-state index contributed by atoms with van der Waals surface area (Å²) >= 11 is 0. The number of fused-ring (bicyclic) bond motifs is 2. The normalized spacial score (nSPS) is 13.1. The Kier molecular flexibility index (Phi) is 4.16. The third-order valence-electron chi connectivity index (χ3n) is 4.59. The van der Waals surface area contributed by atoms with Crippen LogP contribution >= 0.6 is 0 Å². The third-order valence-corrected chi connectivity index (χ3v) is 5.83. The molecular weight excluding hydrogens is 376 g/mol. The fraction of sp³-hybridized carbons (Fsp3) is 0.0909. The molecule has 0 atom stereocenters. The molecule has 140 valence electrons. The van der Waals surface area contributed by atoms with Crippen molar-refractivity contribution >= 4 is 21.7 Å². The van der Waals surface area contributed by atoms with Crippen LogP contribution in [0.1, 0.15) is 43.0 Å². The van der Waals surface area contributed by atoms with Crippen LogP contribution < -0.4 is 4.18 Å². The van der Waals surface area contributed by atoms with E-state index in [0.29, 0.717) is 5.56 Å². The monoisotopic (exact) mass is 392 g/mol. The zero-order chi connectivity index (χ0) is 20.1. The van der Waals surface area contributed by atoms with Crippen molar-refractivity contribution < 1.29 is 22.2 Å².